The highest BCUT2D eigenvalue weighted by Crippen LogP contribution is 2.33. The predicted octanol–water partition coefficient (Wildman–Crippen LogP) is 4.22. The van der Waals surface area contributed by atoms with Crippen molar-refractivity contribution in [2.24, 2.45) is 0 Å². The Kier molecular flexibility index (Phi) is 4.29. The van der Waals surface area contributed by atoms with Crippen LogP contribution in [0, 0.1) is 10.1 Å². The van der Waals surface area contributed by atoms with E-state index in [9.17, 15) is 19.7 Å². The molecule has 6 nitrogen and oxygen atoms in total. The molecular weight excluding hydrogens is 364 g/mol. The topological polar surface area (TPSA) is 93.1 Å². The van der Waals surface area contributed by atoms with Crippen molar-refractivity contribution in [2.75, 3.05) is 0 Å². The summed E-state index contributed by atoms with van der Waals surface area (Å²) in [7, 11) is 0. The highest BCUT2D eigenvalue weighted by molar-refractivity contribution is 7.16. The van der Waals surface area contributed by atoms with E-state index >= 15 is 0 Å². The zero-order valence-electron chi connectivity index (χ0n) is 14.1. The molecule has 0 saturated carbocycles. The molecule has 0 saturated heterocycles. The van der Waals surface area contributed by atoms with Gasteiger partial charge in [-0.05, 0) is 42.7 Å². The number of benzene rings is 1. The van der Waals surface area contributed by atoms with Crippen LogP contribution in [-0.2, 0) is 6.42 Å². The van der Waals surface area contributed by atoms with Crippen LogP contribution in [0.4, 0.5) is 5.69 Å². The van der Waals surface area contributed by atoms with Crippen LogP contribution in [0.1, 0.15) is 27.3 Å². The smallest absolute Gasteiger partial charge is 0.270 e. The van der Waals surface area contributed by atoms with Crippen molar-refractivity contribution in [1.29, 1.82) is 0 Å². The summed E-state index contributed by atoms with van der Waals surface area (Å²) in [6, 6.07) is 13.2. The Bertz CT molecular complexity index is 1160. The van der Waals surface area contributed by atoms with E-state index in [1.165, 1.54) is 23.5 Å². The number of aromatic amines is 1. The molecule has 0 spiro atoms. The van der Waals surface area contributed by atoms with Crippen molar-refractivity contribution < 1.29 is 9.72 Å². The average Bonchev–Trinajstić information content (AvgIpc) is 3.13. The maximum atomic E-state index is 12.7. The lowest BCUT2D eigenvalue weighted by Gasteiger charge is -2.16. The van der Waals surface area contributed by atoms with E-state index in [0.717, 1.165) is 15.3 Å². The lowest BCUT2D eigenvalue weighted by Crippen LogP contribution is -2.19. The molecule has 0 radical (unpaired) electrons. The molecule has 2 aromatic heterocycles. The number of hydrogen-bond donors (Lipinski definition) is 1. The molecule has 7 heteroatoms. The molecular formula is C20H14N2O4S. The number of H-pyrrole nitrogens is 1. The van der Waals surface area contributed by atoms with Gasteiger partial charge in [0, 0.05) is 44.8 Å². The second-order valence-corrected chi connectivity index (χ2v) is 7.34. The number of nitro groups is 1. The second-order valence-electron chi connectivity index (χ2n) is 6.22. The standard InChI is InChI=1S/C20H14N2O4S/c23-19-9-6-16-17(21-19)7-4-13(20(16)24)11-15-5-8-18(27-15)12-2-1-3-14(10-12)22(25)26/h1-3,5-6,8-11H,4,7H2,(H,21,23)/b13-11+. The summed E-state index contributed by atoms with van der Waals surface area (Å²) >= 11 is 1.48. The number of carbonyl (C=O) groups excluding carboxylic acids is 1. The summed E-state index contributed by atoms with van der Waals surface area (Å²) in [5, 5.41) is 11.0. The summed E-state index contributed by atoms with van der Waals surface area (Å²) in [5.74, 6) is -0.0715. The lowest BCUT2D eigenvalue weighted by atomic mass is 9.90. The molecule has 0 aliphatic heterocycles. The number of aryl methyl sites for hydroxylation is 1. The Morgan fingerprint density at radius 1 is 1.07 bits per heavy atom. The number of nitrogens with zero attached hydrogens (tertiary/aromatic N) is 1. The highest BCUT2D eigenvalue weighted by atomic mass is 32.1. The zero-order chi connectivity index (χ0) is 19.0. The number of carbonyl (C=O) groups is 1. The van der Waals surface area contributed by atoms with E-state index in [-0.39, 0.29) is 17.0 Å². The summed E-state index contributed by atoms with van der Waals surface area (Å²) in [5.41, 5.74) is 2.55. The molecule has 1 aliphatic rings. The van der Waals surface area contributed by atoms with Gasteiger partial charge in [0.15, 0.2) is 5.78 Å². The number of allylic oxidation sites excluding steroid dienone is 1. The number of thiophene rings is 1. The van der Waals surface area contributed by atoms with Crippen LogP contribution >= 0.6 is 11.3 Å². The first kappa shape index (κ1) is 17.1. The summed E-state index contributed by atoms with van der Waals surface area (Å²) in [6.45, 7) is 0. The number of non-ortho nitro benzene ring substituents is 1. The minimum atomic E-state index is -0.414. The first-order chi connectivity index (χ1) is 13.0. The van der Waals surface area contributed by atoms with E-state index in [1.807, 2.05) is 24.3 Å². The van der Waals surface area contributed by atoms with Crippen LogP contribution in [0.25, 0.3) is 16.5 Å². The van der Waals surface area contributed by atoms with Crippen LogP contribution in [0.2, 0.25) is 0 Å². The van der Waals surface area contributed by atoms with Gasteiger partial charge in [-0.1, -0.05) is 12.1 Å². The number of nitrogens with one attached hydrogen (secondary N) is 1. The first-order valence-electron chi connectivity index (χ1n) is 8.33. The number of aromatic nitrogens is 1. The van der Waals surface area contributed by atoms with Gasteiger partial charge in [-0.2, -0.15) is 0 Å². The fourth-order valence-electron chi connectivity index (χ4n) is 3.14. The Morgan fingerprint density at radius 2 is 1.93 bits per heavy atom. The van der Waals surface area contributed by atoms with Crippen molar-refractivity contribution in [3.05, 3.63) is 90.7 Å². The summed E-state index contributed by atoms with van der Waals surface area (Å²) in [4.78, 5) is 39.1. The maximum absolute atomic E-state index is 12.7. The van der Waals surface area contributed by atoms with Crippen LogP contribution < -0.4 is 5.56 Å². The maximum Gasteiger partial charge on any atom is 0.270 e. The molecule has 2 heterocycles. The SMILES string of the molecule is O=C1/C(=C/c2ccc(-c3cccc([N+](=O)[O-])c3)s2)CCc2[nH]c(=O)ccc21. The predicted molar refractivity (Wildman–Crippen MR) is 104 cm³/mol. The molecule has 1 aliphatic carbocycles. The Hall–Kier alpha value is -3.32. The Labute approximate surface area is 158 Å². The highest BCUT2D eigenvalue weighted by Gasteiger charge is 2.22. The normalized spacial score (nSPS) is 15.0. The monoisotopic (exact) mass is 378 g/mol. The molecule has 1 aromatic carbocycles. The van der Waals surface area contributed by atoms with E-state index < -0.39 is 4.92 Å². The van der Waals surface area contributed by atoms with Gasteiger partial charge >= 0.3 is 0 Å². The minimum absolute atomic E-state index is 0.0499. The second kappa shape index (κ2) is 6.77. The fourth-order valence-corrected chi connectivity index (χ4v) is 4.11. The largest absolute Gasteiger partial charge is 0.325 e. The third kappa shape index (κ3) is 3.37. The van der Waals surface area contributed by atoms with Crippen molar-refractivity contribution in [2.45, 2.75) is 12.8 Å². The van der Waals surface area contributed by atoms with Crippen LogP contribution in [0.3, 0.4) is 0 Å². The Morgan fingerprint density at radius 3 is 2.74 bits per heavy atom. The van der Waals surface area contributed by atoms with Gasteiger partial charge in [0.05, 0.1) is 4.92 Å². The van der Waals surface area contributed by atoms with Gasteiger partial charge in [-0.25, -0.2) is 0 Å². The Balaban J connectivity index is 1.64. The van der Waals surface area contributed by atoms with Crippen LogP contribution in [0.5, 0.6) is 0 Å². The van der Waals surface area contributed by atoms with E-state index in [4.69, 9.17) is 0 Å². The quantitative estimate of drug-likeness (QED) is 0.419. The van der Waals surface area contributed by atoms with E-state index in [0.29, 0.717) is 29.7 Å². The number of Topliss-reactive ketones (excluding diaryl/α,β-unsaturated/α-hetero) is 1. The van der Waals surface area contributed by atoms with Crippen molar-refractivity contribution >= 4 is 28.9 Å². The van der Waals surface area contributed by atoms with Crippen LogP contribution in [0.15, 0.2) is 58.9 Å². The number of fused-ring (bicyclic) bond motifs is 1. The molecule has 4 rings (SSSR count). The zero-order valence-corrected chi connectivity index (χ0v) is 14.9. The van der Waals surface area contributed by atoms with Gasteiger partial charge in [0.2, 0.25) is 5.56 Å². The lowest BCUT2D eigenvalue weighted by molar-refractivity contribution is -0.384. The average molecular weight is 378 g/mol. The number of rotatable bonds is 3. The van der Waals surface area contributed by atoms with Gasteiger partial charge in [-0.15, -0.1) is 11.3 Å². The fraction of sp³-hybridized carbons (Fsp3) is 0.100. The molecule has 0 unspecified atom stereocenters. The third-order valence-electron chi connectivity index (χ3n) is 4.47. The molecule has 3 aromatic rings. The third-order valence-corrected chi connectivity index (χ3v) is 5.55. The molecule has 0 amide bonds. The first-order valence-corrected chi connectivity index (χ1v) is 9.15. The molecule has 0 atom stereocenters. The molecule has 27 heavy (non-hydrogen) atoms. The van der Waals surface area contributed by atoms with Gasteiger partial charge in [0.1, 0.15) is 0 Å². The number of pyridine rings is 1. The molecule has 0 fully saturated rings. The van der Waals surface area contributed by atoms with Crippen molar-refractivity contribution in [3.63, 3.8) is 0 Å². The van der Waals surface area contributed by atoms with Gasteiger partial charge in [-0.3, -0.25) is 19.7 Å². The van der Waals surface area contributed by atoms with E-state index in [1.54, 1.807) is 18.2 Å². The summed E-state index contributed by atoms with van der Waals surface area (Å²) in [6.07, 6.45) is 3.05. The number of hydrogen-bond acceptors (Lipinski definition) is 5. The number of nitro benzene ring substituents is 1. The van der Waals surface area contributed by atoms with Crippen LogP contribution in [-0.4, -0.2) is 15.7 Å². The van der Waals surface area contributed by atoms with Crippen molar-refractivity contribution in [3.8, 4) is 10.4 Å². The molecule has 1 N–H and O–H groups in total. The van der Waals surface area contributed by atoms with Gasteiger partial charge < -0.3 is 4.98 Å². The number of ketones is 1. The van der Waals surface area contributed by atoms with Gasteiger partial charge in [0.25, 0.3) is 5.69 Å². The molecule has 134 valence electrons. The van der Waals surface area contributed by atoms with Crippen molar-refractivity contribution in [1.82, 2.24) is 4.98 Å². The molecule has 0 bridgehead atoms. The minimum Gasteiger partial charge on any atom is -0.325 e. The van der Waals surface area contributed by atoms with E-state index in [2.05, 4.69) is 4.98 Å². The summed E-state index contributed by atoms with van der Waals surface area (Å²) < 4.78 is 0.